The molecule has 4 nitrogen and oxygen atoms in total. The number of halogens is 2. The molecule has 19 heavy (non-hydrogen) atoms. The molecule has 0 bridgehead atoms. The predicted molar refractivity (Wildman–Crippen MR) is 63.5 cm³/mol. The number of carbonyl (C=O) groups is 1. The molecule has 0 unspecified atom stereocenters. The van der Waals surface area contributed by atoms with Gasteiger partial charge in [0, 0.05) is 17.3 Å². The van der Waals surface area contributed by atoms with Crippen LogP contribution in [-0.2, 0) is 4.74 Å². The van der Waals surface area contributed by atoms with Gasteiger partial charge in [0.1, 0.15) is 11.6 Å². The highest BCUT2D eigenvalue weighted by Crippen LogP contribution is 2.22. The highest BCUT2D eigenvalue weighted by atomic mass is 19.1. The van der Waals surface area contributed by atoms with Crippen LogP contribution in [0.2, 0.25) is 0 Å². The van der Waals surface area contributed by atoms with Crippen molar-refractivity contribution < 1.29 is 18.3 Å². The average Bonchev–Trinajstić information content (AvgIpc) is 2.37. The van der Waals surface area contributed by atoms with Crippen molar-refractivity contribution in [3.63, 3.8) is 0 Å². The van der Waals surface area contributed by atoms with Gasteiger partial charge in [0.15, 0.2) is 0 Å². The van der Waals surface area contributed by atoms with E-state index in [0.29, 0.717) is 5.69 Å². The van der Waals surface area contributed by atoms with Gasteiger partial charge in [0.05, 0.1) is 12.8 Å². The van der Waals surface area contributed by atoms with Gasteiger partial charge in [0.2, 0.25) is 5.82 Å². The van der Waals surface area contributed by atoms with Crippen molar-refractivity contribution in [3.05, 3.63) is 47.4 Å². The van der Waals surface area contributed by atoms with Crippen molar-refractivity contribution in [1.82, 2.24) is 9.97 Å². The number of nitrogens with zero attached hydrogens (tertiary/aromatic N) is 2. The van der Waals surface area contributed by atoms with Crippen LogP contribution < -0.4 is 0 Å². The molecule has 1 aromatic heterocycles. The molecule has 0 aliphatic carbocycles. The fourth-order valence-corrected chi connectivity index (χ4v) is 1.59. The monoisotopic (exact) mass is 264 g/mol. The second-order valence-corrected chi connectivity index (χ2v) is 3.83. The van der Waals surface area contributed by atoms with Crippen LogP contribution in [0.5, 0.6) is 0 Å². The third-order valence-electron chi connectivity index (χ3n) is 2.43. The quantitative estimate of drug-likeness (QED) is 0.782. The van der Waals surface area contributed by atoms with E-state index in [1.165, 1.54) is 19.2 Å². The molecule has 0 fully saturated rings. The molecule has 2 aromatic rings. The van der Waals surface area contributed by atoms with E-state index in [4.69, 9.17) is 0 Å². The lowest BCUT2D eigenvalue weighted by Crippen LogP contribution is -2.09. The molecule has 0 N–H and O–H groups in total. The number of carbonyl (C=O) groups excluding carboxylic acids is 1. The number of hydrogen-bond acceptors (Lipinski definition) is 4. The number of aromatic nitrogens is 2. The van der Waals surface area contributed by atoms with Crippen molar-refractivity contribution in [2.45, 2.75) is 6.92 Å². The Morgan fingerprint density at radius 2 is 1.95 bits per heavy atom. The maximum Gasteiger partial charge on any atom is 0.376 e. The normalized spacial score (nSPS) is 10.3. The molecule has 0 saturated carbocycles. The molecule has 0 radical (unpaired) electrons. The molecule has 6 heteroatoms. The lowest BCUT2D eigenvalue weighted by Gasteiger charge is -2.06. The minimum absolute atomic E-state index is 0.0945. The van der Waals surface area contributed by atoms with Crippen LogP contribution >= 0.6 is 0 Å². The standard InChI is InChI=1S/C13H10F2N2O2/c1-7-5-11(17-12(16-7)13(18)19-2)9-4-3-8(14)6-10(9)15/h3-6H,1-2H3. The summed E-state index contributed by atoms with van der Waals surface area (Å²) in [6, 6.07) is 4.63. The minimum atomic E-state index is -0.756. The van der Waals surface area contributed by atoms with E-state index >= 15 is 0 Å². The summed E-state index contributed by atoms with van der Waals surface area (Å²) in [6.45, 7) is 1.64. The summed E-state index contributed by atoms with van der Waals surface area (Å²) in [5.41, 5.74) is 0.775. The highest BCUT2D eigenvalue weighted by molar-refractivity contribution is 5.85. The molecule has 0 aliphatic rings. The molecule has 1 heterocycles. The lowest BCUT2D eigenvalue weighted by molar-refractivity contribution is 0.0586. The minimum Gasteiger partial charge on any atom is -0.463 e. The number of ether oxygens (including phenoxy) is 1. The lowest BCUT2D eigenvalue weighted by atomic mass is 10.1. The van der Waals surface area contributed by atoms with Crippen LogP contribution in [0.25, 0.3) is 11.3 Å². The second-order valence-electron chi connectivity index (χ2n) is 3.83. The van der Waals surface area contributed by atoms with Crippen molar-refractivity contribution in [1.29, 1.82) is 0 Å². The van der Waals surface area contributed by atoms with E-state index in [1.807, 2.05) is 0 Å². The molecule has 0 amide bonds. The first-order valence-electron chi connectivity index (χ1n) is 5.40. The van der Waals surface area contributed by atoms with Crippen LogP contribution in [0.15, 0.2) is 24.3 Å². The maximum atomic E-state index is 13.7. The second kappa shape index (κ2) is 5.09. The summed E-state index contributed by atoms with van der Waals surface area (Å²) < 4.78 is 31.0. The maximum absolute atomic E-state index is 13.7. The average molecular weight is 264 g/mol. The molecule has 0 atom stereocenters. The van der Waals surface area contributed by atoms with Crippen LogP contribution in [0, 0.1) is 18.6 Å². The number of rotatable bonds is 2. The van der Waals surface area contributed by atoms with E-state index < -0.39 is 17.6 Å². The van der Waals surface area contributed by atoms with E-state index in [9.17, 15) is 13.6 Å². The topological polar surface area (TPSA) is 52.1 Å². The van der Waals surface area contributed by atoms with Gasteiger partial charge >= 0.3 is 5.97 Å². The first-order chi connectivity index (χ1) is 9.01. The van der Waals surface area contributed by atoms with Gasteiger partial charge in [-0.15, -0.1) is 0 Å². The molecule has 98 valence electrons. The summed E-state index contributed by atoms with van der Waals surface area (Å²) >= 11 is 0. The van der Waals surface area contributed by atoms with Gasteiger partial charge < -0.3 is 4.74 Å². The van der Waals surface area contributed by atoms with Gasteiger partial charge in [0.25, 0.3) is 0 Å². The number of benzene rings is 1. The summed E-state index contributed by atoms with van der Waals surface area (Å²) in [5, 5.41) is 0. The Balaban J connectivity index is 2.56. The Kier molecular flexibility index (Phi) is 3.50. The Labute approximate surface area is 108 Å². The van der Waals surface area contributed by atoms with Crippen LogP contribution in [0.3, 0.4) is 0 Å². The first-order valence-corrected chi connectivity index (χ1v) is 5.40. The van der Waals surface area contributed by atoms with Crippen molar-refractivity contribution in [2.75, 3.05) is 7.11 Å². The fourth-order valence-electron chi connectivity index (χ4n) is 1.59. The Hall–Kier alpha value is -2.37. The van der Waals surface area contributed by atoms with Gasteiger partial charge in [-0.25, -0.2) is 23.5 Å². The number of esters is 1. The van der Waals surface area contributed by atoms with E-state index in [1.54, 1.807) is 6.92 Å². The number of hydrogen-bond donors (Lipinski definition) is 0. The van der Waals surface area contributed by atoms with E-state index in [0.717, 1.165) is 12.1 Å². The van der Waals surface area contributed by atoms with Crippen molar-refractivity contribution >= 4 is 5.97 Å². The molecule has 1 aromatic carbocycles. The third kappa shape index (κ3) is 2.73. The summed E-state index contributed by atoms with van der Waals surface area (Å²) in [7, 11) is 1.20. The molecular weight excluding hydrogens is 254 g/mol. The summed E-state index contributed by atoms with van der Waals surface area (Å²) in [6.07, 6.45) is 0. The van der Waals surface area contributed by atoms with Crippen molar-refractivity contribution in [2.24, 2.45) is 0 Å². The largest absolute Gasteiger partial charge is 0.463 e. The van der Waals surface area contributed by atoms with Gasteiger partial charge in [-0.1, -0.05) is 0 Å². The van der Waals surface area contributed by atoms with Crippen LogP contribution in [-0.4, -0.2) is 23.0 Å². The fraction of sp³-hybridized carbons (Fsp3) is 0.154. The zero-order chi connectivity index (χ0) is 14.0. The Bertz CT molecular complexity index is 645. The number of aryl methyl sites for hydroxylation is 1. The van der Waals surface area contributed by atoms with Gasteiger partial charge in [-0.3, -0.25) is 0 Å². The Morgan fingerprint density at radius 1 is 1.21 bits per heavy atom. The van der Waals surface area contributed by atoms with Crippen LogP contribution in [0.4, 0.5) is 8.78 Å². The third-order valence-corrected chi connectivity index (χ3v) is 2.43. The zero-order valence-corrected chi connectivity index (χ0v) is 10.3. The Morgan fingerprint density at radius 3 is 2.58 bits per heavy atom. The van der Waals surface area contributed by atoms with Gasteiger partial charge in [-0.05, 0) is 25.1 Å². The zero-order valence-electron chi connectivity index (χ0n) is 10.3. The van der Waals surface area contributed by atoms with Crippen molar-refractivity contribution in [3.8, 4) is 11.3 Å². The smallest absolute Gasteiger partial charge is 0.376 e. The van der Waals surface area contributed by atoms with E-state index in [-0.39, 0.29) is 17.1 Å². The predicted octanol–water partition coefficient (Wildman–Crippen LogP) is 2.52. The molecular formula is C13H10F2N2O2. The van der Waals surface area contributed by atoms with E-state index in [2.05, 4.69) is 14.7 Å². The highest BCUT2D eigenvalue weighted by Gasteiger charge is 2.14. The number of methoxy groups -OCH3 is 1. The molecule has 0 spiro atoms. The molecule has 0 aliphatic heterocycles. The first kappa shape index (κ1) is 13.1. The van der Waals surface area contributed by atoms with Gasteiger partial charge in [-0.2, -0.15) is 0 Å². The van der Waals surface area contributed by atoms with Crippen LogP contribution in [0.1, 0.15) is 16.3 Å². The molecule has 2 rings (SSSR count). The summed E-state index contributed by atoms with van der Waals surface area (Å²) in [4.78, 5) is 19.2. The SMILES string of the molecule is COC(=O)c1nc(C)cc(-c2ccc(F)cc2F)n1. The molecule has 0 saturated heterocycles. The summed E-state index contributed by atoms with van der Waals surface area (Å²) in [5.74, 6) is -2.32.